The molecule has 2 heterocycles. The Morgan fingerprint density at radius 1 is 1.37 bits per heavy atom. The third-order valence-electron chi connectivity index (χ3n) is 3.06. The fourth-order valence-corrected chi connectivity index (χ4v) is 2.08. The summed E-state index contributed by atoms with van der Waals surface area (Å²) in [4.78, 5) is 21.9. The van der Waals surface area contributed by atoms with Crippen molar-refractivity contribution in [2.75, 3.05) is 31.6 Å². The summed E-state index contributed by atoms with van der Waals surface area (Å²) in [5.74, 6) is 1.26. The molecule has 0 aliphatic carbocycles. The molecule has 0 unspecified atom stereocenters. The van der Waals surface area contributed by atoms with E-state index in [1.54, 1.807) is 6.07 Å². The zero-order valence-corrected chi connectivity index (χ0v) is 11.3. The second kappa shape index (κ2) is 6.92. The number of likely N-dealkylation sites (tertiary alicyclic amines) is 1. The SMILES string of the molecule is CCOc1cc(NCC(=O)N2CCCCC2)ncn1. The van der Waals surface area contributed by atoms with Gasteiger partial charge in [-0.25, -0.2) is 9.97 Å². The van der Waals surface area contributed by atoms with E-state index in [9.17, 15) is 4.79 Å². The summed E-state index contributed by atoms with van der Waals surface area (Å²) in [6.45, 7) is 4.46. The van der Waals surface area contributed by atoms with Crippen LogP contribution in [0.5, 0.6) is 5.88 Å². The van der Waals surface area contributed by atoms with Gasteiger partial charge in [0.1, 0.15) is 12.1 Å². The Morgan fingerprint density at radius 3 is 2.89 bits per heavy atom. The van der Waals surface area contributed by atoms with Gasteiger partial charge in [-0.2, -0.15) is 0 Å². The average Bonchev–Trinajstić information content (AvgIpc) is 2.46. The van der Waals surface area contributed by atoms with Crippen molar-refractivity contribution in [3.8, 4) is 5.88 Å². The molecule has 6 heteroatoms. The van der Waals surface area contributed by atoms with Gasteiger partial charge in [0.15, 0.2) is 0 Å². The van der Waals surface area contributed by atoms with Crippen LogP contribution >= 0.6 is 0 Å². The smallest absolute Gasteiger partial charge is 0.241 e. The third kappa shape index (κ3) is 4.08. The Balaban J connectivity index is 1.83. The molecule has 0 atom stereocenters. The van der Waals surface area contributed by atoms with E-state index in [0.29, 0.717) is 18.3 Å². The van der Waals surface area contributed by atoms with E-state index in [1.165, 1.54) is 12.7 Å². The summed E-state index contributed by atoms with van der Waals surface area (Å²) in [5.41, 5.74) is 0. The highest BCUT2D eigenvalue weighted by molar-refractivity contribution is 5.80. The second-order valence-electron chi connectivity index (χ2n) is 4.47. The highest BCUT2D eigenvalue weighted by Gasteiger charge is 2.16. The number of amides is 1. The summed E-state index contributed by atoms with van der Waals surface area (Å²) < 4.78 is 5.28. The van der Waals surface area contributed by atoms with E-state index in [0.717, 1.165) is 25.9 Å². The summed E-state index contributed by atoms with van der Waals surface area (Å²) in [6.07, 6.45) is 4.86. The molecule has 1 aliphatic heterocycles. The molecular formula is C13H20N4O2. The number of aromatic nitrogens is 2. The first kappa shape index (κ1) is 13.6. The van der Waals surface area contributed by atoms with Gasteiger partial charge in [-0.1, -0.05) is 0 Å². The van der Waals surface area contributed by atoms with Crippen LogP contribution in [0.25, 0.3) is 0 Å². The summed E-state index contributed by atoms with van der Waals surface area (Å²) in [6, 6.07) is 1.70. The van der Waals surface area contributed by atoms with Crippen LogP contribution in [0.3, 0.4) is 0 Å². The lowest BCUT2D eigenvalue weighted by Gasteiger charge is -2.26. The third-order valence-corrected chi connectivity index (χ3v) is 3.06. The van der Waals surface area contributed by atoms with Gasteiger partial charge in [-0.05, 0) is 26.2 Å². The molecule has 0 spiro atoms. The molecule has 6 nitrogen and oxygen atoms in total. The first-order chi connectivity index (χ1) is 9.29. The molecule has 0 bridgehead atoms. The van der Waals surface area contributed by atoms with Crippen molar-refractivity contribution in [3.63, 3.8) is 0 Å². The highest BCUT2D eigenvalue weighted by atomic mass is 16.5. The number of piperidine rings is 1. The van der Waals surface area contributed by atoms with Gasteiger partial charge < -0.3 is 15.0 Å². The minimum atomic E-state index is 0.122. The van der Waals surface area contributed by atoms with Gasteiger partial charge in [0.2, 0.25) is 11.8 Å². The predicted molar refractivity (Wildman–Crippen MR) is 72.1 cm³/mol. The predicted octanol–water partition coefficient (Wildman–Crippen LogP) is 1.30. The van der Waals surface area contributed by atoms with Crippen LogP contribution in [-0.4, -0.2) is 47.0 Å². The summed E-state index contributed by atoms with van der Waals surface area (Å²) in [5, 5.41) is 3.02. The monoisotopic (exact) mass is 264 g/mol. The van der Waals surface area contributed by atoms with E-state index in [-0.39, 0.29) is 12.5 Å². The van der Waals surface area contributed by atoms with Crippen LogP contribution in [0.2, 0.25) is 0 Å². The van der Waals surface area contributed by atoms with Gasteiger partial charge in [-0.3, -0.25) is 4.79 Å². The van der Waals surface area contributed by atoms with Crippen LogP contribution in [0, 0.1) is 0 Å². The van der Waals surface area contributed by atoms with E-state index < -0.39 is 0 Å². The quantitative estimate of drug-likeness (QED) is 0.868. The fraction of sp³-hybridized carbons (Fsp3) is 0.615. The Morgan fingerprint density at radius 2 is 2.16 bits per heavy atom. The summed E-state index contributed by atoms with van der Waals surface area (Å²) >= 11 is 0. The molecule has 1 N–H and O–H groups in total. The van der Waals surface area contributed by atoms with Gasteiger partial charge >= 0.3 is 0 Å². The van der Waals surface area contributed by atoms with Crippen molar-refractivity contribution in [1.29, 1.82) is 0 Å². The van der Waals surface area contributed by atoms with E-state index in [2.05, 4.69) is 15.3 Å². The number of hydrogen-bond acceptors (Lipinski definition) is 5. The normalized spacial score (nSPS) is 15.1. The first-order valence-corrected chi connectivity index (χ1v) is 6.76. The molecule has 1 aromatic heterocycles. The van der Waals surface area contributed by atoms with Gasteiger partial charge in [-0.15, -0.1) is 0 Å². The van der Waals surface area contributed by atoms with Crippen molar-refractivity contribution in [3.05, 3.63) is 12.4 Å². The van der Waals surface area contributed by atoms with E-state index in [1.807, 2.05) is 11.8 Å². The molecule has 0 aromatic carbocycles. The van der Waals surface area contributed by atoms with Gasteiger partial charge in [0, 0.05) is 19.2 Å². The molecule has 1 amide bonds. The van der Waals surface area contributed by atoms with Crippen molar-refractivity contribution in [1.82, 2.24) is 14.9 Å². The molecule has 1 aliphatic rings. The number of anilines is 1. The molecular weight excluding hydrogens is 244 g/mol. The van der Waals surface area contributed by atoms with Crippen molar-refractivity contribution in [2.45, 2.75) is 26.2 Å². The maximum Gasteiger partial charge on any atom is 0.241 e. The molecule has 1 aromatic rings. The Hall–Kier alpha value is -1.85. The maximum atomic E-state index is 12.0. The van der Waals surface area contributed by atoms with E-state index >= 15 is 0 Å². The Bertz CT molecular complexity index is 419. The molecule has 0 saturated carbocycles. The maximum absolute atomic E-state index is 12.0. The van der Waals surface area contributed by atoms with Gasteiger partial charge in [0.25, 0.3) is 0 Å². The zero-order valence-electron chi connectivity index (χ0n) is 11.3. The minimum absolute atomic E-state index is 0.122. The van der Waals surface area contributed by atoms with Crippen molar-refractivity contribution < 1.29 is 9.53 Å². The van der Waals surface area contributed by atoms with Crippen LogP contribution in [0.4, 0.5) is 5.82 Å². The van der Waals surface area contributed by atoms with Crippen molar-refractivity contribution >= 4 is 11.7 Å². The molecule has 104 valence electrons. The Kier molecular flexibility index (Phi) is 4.94. The zero-order chi connectivity index (χ0) is 13.5. The number of ether oxygens (including phenoxy) is 1. The standard InChI is InChI=1S/C13H20N4O2/c1-2-19-12-8-11(15-10-16-12)14-9-13(18)17-6-4-3-5-7-17/h8,10H,2-7,9H2,1H3,(H,14,15,16). The average molecular weight is 264 g/mol. The van der Waals surface area contributed by atoms with Crippen LogP contribution in [-0.2, 0) is 4.79 Å². The lowest BCUT2D eigenvalue weighted by Crippen LogP contribution is -2.39. The number of hydrogen-bond donors (Lipinski definition) is 1. The highest BCUT2D eigenvalue weighted by Crippen LogP contribution is 2.12. The van der Waals surface area contributed by atoms with Gasteiger partial charge in [0.05, 0.1) is 13.2 Å². The van der Waals surface area contributed by atoms with Crippen LogP contribution in [0.1, 0.15) is 26.2 Å². The molecule has 0 radical (unpaired) electrons. The minimum Gasteiger partial charge on any atom is -0.478 e. The molecule has 1 saturated heterocycles. The van der Waals surface area contributed by atoms with Crippen LogP contribution < -0.4 is 10.1 Å². The number of carbonyl (C=O) groups is 1. The second-order valence-corrected chi connectivity index (χ2v) is 4.47. The molecule has 19 heavy (non-hydrogen) atoms. The van der Waals surface area contributed by atoms with E-state index in [4.69, 9.17) is 4.74 Å². The lowest BCUT2D eigenvalue weighted by atomic mass is 10.1. The number of nitrogens with zero attached hydrogens (tertiary/aromatic N) is 3. The number of rotatable bonds is 5. The number of carbonyl (C=O) groups excluding carboxylic acids is 1. The molecule has 2 rings (SSSR count). The van der Waals surface area contributed by atoms with Crippen molar-refractivity contribution in [2.24, 2.45) is 0 Å². The lowest BCUT2D eigenvalue weighted by molar-refractivity contribution is -0.130. The Labute approximate surface area is 113 Å². The molecule has 1 fully saturated rings. The number of nitrogens with one attached hydrogen (secondary N) is 1. The largest absolute Gasteiger partial charge is 0.478 e. The topological polar surface area (TPSA) is 67.3 Å². The van der Waals surface area contributed by atoms with Crippen LogP contribution in [0.15, 0.2) is 12.4 Å². The summed E-state index contributed by atoms with van der Waals surface area (Å²) in [7, 11) is 0. The fourth-order valence-electron chi connectivity index (χ4n) is 2.08. The first-order valence-electron chi connectivity index (χ1n) is 6.76.